The van der Waals surface area contributed by atoms with Gasteiger partial charge in [0.1, 0.15) is 0 Å². The molecule has 122 valence electrons. The lowest BCUT2D eigenvalue weighted by molar-refractivity contribution is -0.137. The molecular weight excluding hydrogens is 347 g/mol. The number of rotatable bonds is 5. The molecule has 0 unspecified atom stereocenters. The molecule has 0 spiro atoms. The van der Waals surface area contributed by atoms with Gasteiger partial charge in [0.15, 0.2) is 0 Å². The van der Waals surface area contributed by atoms with Gasteiger partial charge in [0, 0.05) is 10.8 Å². The molecule has 7 heteroatoms. The number of hydrogen-bond donors (Lipinski definition) is 1. The summed E-state index contributed by atoms with van der Waals surface area (Å²) in [5.74, 6) is 0.189. The van der Waals surface area contributed by atoms with Gasteiger partial charge < -0.3 is 5.32 Å². The van der Waals surface area contributed by atoms with E-state index >= 15 is 0 Å². The Balaban J connectivity index is 1.95. The molecule has 0 heterocycles. The highest BCUT2D eigenvalue weighted by molar-refractivity contribution is 7.99. The highest BCUT2D eigenvalue weighted by Crippen LogP contribution is 2.36. The Kier molecular flexibility index (Phi) is 5.96. The van der Waals surface area contributed by atoms with Crippen LogP contribution in [0.3, 0.4) is 0 Å². The second kappa shape index (κ2) is 7.75. The van der Waals surface area contributed by atoms with Crippen LogP contribution < -0.4 is 5.32 Å². The van der Waals surface area contributed by atoms with Crippen molar-refractivity contribution < 1.29 is 18.0 Å². The van der Waals surface area contributed by atoms with Gasteiger partial charge in [-0.3, -0.25) is 4.79 Å². The molecule has 2 nitrogen and oxygen atoms in total. The van der Waals surface area contributed by atoms with Crippen molar-refractivity contribution in [1.82, 2.24) is 0 Å². The molecule has 0 bridgehead atoms. The van der Waals surface area contributed by atoms with Crippen LogP contribution in [0.4, 0.5) is 18.9 Å². The fourth-order valence-corrected chi connectivity index (χ4v) is 2.84. The van der Waals surface area contributed by atoms with Gasteiger partial charge in [0.05, 0.1) is 17.0 Å². The molecular formula is C16H13ClF3NOS. The number of benzene rings is 2. The number of alkyl halides is 3. The Morgan fingerprint density at radius 2 is 1.83 bits per heavy atom. The summed E-state index contributed by atoms with van der Waals surface area (Å²) < 4.78 is 38.8. The Labute approximate surface area is 141 Å². The van der Waals surface area contributed by atoms with Crippen molar-refractivity contribution in [2.75, 3.05) is 11.1 Å². The van der Waals surface area contributed by atoms with Crippen molar-refractivity contribution in [3.63, 3.8) is 0 Å². The van der Waals surface area contributed by atoms with Gasteiger partial charge in [0.25, 0.3) is 0 Å². The second-order valence-corrected chi connectivity index (χ2v) is 6.14. The lowest BCUT2D eigenvalue weighted by Crippen LogP contribution is -2.18. The summed E-state index contributed by atoms with van der Waals surface area (Å²) in [5.41, 5.74) is -0.189. The zero-order valence-electron chi connectivity index (χ0n) is 11.9. The molecule has 0 aliphatic heterocycles. The molecule has 0 atom stereocenters. The third-order valence-corrected chi connectivity index (χ3v) is 4.14. The molecule has 1 N–H and O–H groups in total. The predicted octanol–water partition coefficient (Wildman–Crippen LogP) is 5.23. The van der Waals surface area contributed by atoms with Crippen molar-refractivity contribution in [1.29, 1.82) is 0 Å². The van der Waals surface area contributed by atoms with Crippen LogP contribution in [-0.4, -0.2) is 11.7 Å². The molecule has 1 amide bonds. The van der Waals surface area contributed by atoms with E-state index in [9.17, 15) is 18.0 Å². The predicted molar refractivity (Wildman–Crippen MR) is 87.7 cm³/mol. The van der Waals surface area contributed by atoms with Crippen LogP contribution in [0.25, 0.3) is 0 Å². The van der Waals surface area contributed by atoms with Crippen LogP contribution in [0, 0.1) is 0 Å². The van der Waals surface area contributed by atoms with E-state index in [0.29, 0.717) is 5.75 Å². The molecule has 0 saturated heterocycles. The molecule has 0 fully saturated rings. The molecule has 0 aromatic heterocycles. The molecule has 2 aromatic rings. The highest BCUT2D eigenvalue weighted by Gasteiger charge is 2.34. The van der Waals surface area contributed by atoms with E-state index in [2.05, 4.69) is 5.32 Å². The quantitative estimate of drug-likeness (QED) is 0.791. The van der Waals surface area contributed by atoms with Crippen LogP contribution >= 0.6 is 23.4 Å². The Morgan fingerprint density at radius 3 is 2.48 bits per heavy atom. The first-order valence-corrected chi connectivity index (χ1v) is 8.18. The molecule has 23 heavy (non-hydrogen) atoms. The van der Waals surface area contributed by atoms with Crippen LogP contribution in [0.5, 0.6) is 0 Å². The van der Waals surface area contributed by atoms with Gasteiger partial charge in [-0.25, -0.2) is 0 Å². The van der Waals surface area contributed by atoms with E-state index in [4.69, 9.17) is 11.6 Å². The molecule has 2 aromatic carbocycles. The molecule has 0 aliphatic rings. The molecule has 0 aliphatic carbocycles. The third-order valence-electron chi connectivity index (χ3n) is 2.91. The normalized spacial score (nSPS) is 11.3. The van der Waals surface area contributed by atoms with Crippen LogP contribution in [0.1, 0.15) is 11.1 Å². The zero-order chi connectivity index (χ0) is 16.9. The van der Waals surface area contributed by atoms with Crippen molar-refractivity contribution in [3.8, 4) is 0 Å². The summed E-state index contributed by atoms with van der Waals surface area (Å²) >= 11 is 6.92. The zero-order valence-corrected chi connectivity index (χ0v) is 13.4. The van der Waals surface area contributed by atoms with Crippen molar-refractivity contribution >= 4 is 35.0 Å². The number of anilines is 1. The number of nitrogens with one attached hydrogen (secondary N) is 1. The summed E-state index contributed by atoms with van der Waals surface area (Å²) in [4.78, 5) is 11.8. The van der Waals surface area contributed by atoms with E-state index in [1.165, 1.54) is 17.8 Å². The summed E-state index contributed by atoms with van der Waals surface area (Å²) in [6, 6.07) is 12.8. The fourth-order valence-electron chi connectivity index (χ4n) is 1.88. The largest absolute Gasteiger partial charge is 0.418 e. The van der Waals surface area contributed by atoms with E-state index < -0.39 is 17.6 Å². The Morgan fingerprint density at radius 1 is 1.13 bits per heavy atom. The first-order chi connectivity index (χ1) is 10.9. The molecule has 0 saturated carbocycles. The van der Waals surface area contributed by atoms with Crippen molar-refractivity contribution in [2.24, 2.45) is 0 Å². The number of carbonyl (C=O) groups excluding carboxylic acids is 1. The lowest BCUT2D eigenvalue weighted by atomic mass is 10.1. The van der Waals surface area contributed by atoms with Crippen molar-refractivity contribution in [3.05, 3.63) is 64.7 Å². The first-order valence-electron chi connectivity index (χ1n) is 6.64. The number of halogens is 4. The minimum absolute atomic E-state index is 0.0335. The Bertz CT molecular complexity index is 677. The second-order valence-electron chi connectivity index (χ2n) is 4.71. The van der Waals surface area contributed by atoms with E-state index in [0.717, 1.165) is 17.7 Å². The van der Waals surface area contributed by atoms with Gasteiger partial charge in [-0.2, -0.15) is 13.2 Å². The number of hydrogen-bond acceptors (Lipinski definition) is 2. The maximum absolute atomic E-state index is 12.9. The number of thioether (sulfide) groups is 1. The van der Waals surface area contributed by atoms with Gasteiger partial charge in [0.2, 0.25) is 5.91 Å². The maximum atomic E-state index is 12.9. The highest BCUT2D eigenvalue weighted by atomic mass is 35.5. The SMILES string of the molecule is O=C(CSCc1ccccc1)Nc1ccc(Cl)cc1C(F)(F)F. The van der Waals surface area contributed by atoms with E-state index in [1.54, 1.807) is 0 Å². The first kappa shape index (κ1) is 17.7. The lowest BCUT2D eigenvalue weighted by Gasteiger charge is -2.14. The van der Waals surface area contributed by atoms with Crippen LogP contribution in [0.15, 0.2) is 48.5 Å². The third kappa shape index (κ3) is 5.48. The molecule has 0 radical (unpaired) electrons. The smallest absolute Gasteiger partial charge is 0.325 e. The fraction of sp³-hybridized carbons (Fsp3) is 0.188. The summed E-state index contributed by atoms with van der Waals surface area (Å²) in [6.45, 7) is 0. The average Bonchev–Trinajstić information content (AvgIpc) is 2.49. The Hall–Kier alpha value is -1.66. The van der Waals surface area contributed by atoms with Gasteiger partial charge >= 0.3 is 6.18 Å². The van der Waals surface area contributed by atoms with Gasteiger partial charge in [-0.15, -0.1) is 11.8 Å². The topological polar surface area (TPSA) is 29.1 Å². The van der Waals surface area contributed by atoms with Crippen LogP contribution in [-0.2, 0) is 16.7 Å². The summed E-state index contributed by atoms with van der Waals surface area (Å²) in [7, 11) is 0. The van der Waals surface area contributed by atoms with Gasteiger partial charge in [-0.05, 0) is 23.8 Å². The number of amides is 1. The standard InChI is InChI=1S/C16H13ClF3NOS/c17-12-6-7-14(13(8-12)16(18,19)20)21-15(22)10-23-9-11-4-2-1-3-5-11/h1-8H,9-10H2,(H,21,22). The molecule has 2 rings (SSSR count). The summed E-state index contributed by atoms with van der Waals surface area (Å²) in [6.07, 6.45) is -4.58. The van der Waals surface area contributed by atoms with E-state index in [1.807, 2.05) is 30.3 Å². The monoisotopic (exact) mass is 359 g/mol. The summed E-state index contributed by atoms with van der Waals surface area (Å²) in [5, 5.41) is 2.26. The number of carbonyl (C=O) groups is 1. The van der Waals surface area contributed by atoms with Crippen molar-refractivity contribution in [2.45, 2.75) is 11.9 Å². The van der Waals surface area contributed by atoms with E-state index in [-0.39, 0.29) is 16.5 Å². The average molecular weight is 360 g/mol. The minimum Gasteiger partial charge on any atom is -0.325 e. The maximum Gasteiger partial charge on any atom is 0.418 e. The minimum atomic E-state index is -4.58. The van der Waals surface area contributed by atoms with Crippen LogP contribution in [0.2, 0.25) is 5.02 Å². The van der Waals surface area contributed by atoms with Gasteiger partial charge in [-0.1, -0.05) is 41.9 Å².